The van der Waals surface area contributed by atoms with Gasteiger partial charge in [0, 0.05) is 24.7 Å². The highest BCUT2D eigenvalue weighted by Crippen LogP contribution is 2.35. The van der Waals surface area contributed by atoms with Gasteiger partial charge >= 0.3 is 0 Å². The zero-order valence-electron chi connectivity index (χ0n) is 17.0. The van der Waals surface area contributed by atoms with Crippen LogP contribution in [0.15, 0.2) is 69.8 Å². The van der Waals surface area contributed by atoms with Crippen molar-refractivity contribution in [3.8, 4) is 5.75 Å². The van der Waals surface area contributed by atoms with E-state index in [0.29, 0.717) is 30.0 Å². The maximum atomic E-state index is 12.6. The molecule has 0 saturated carbocycles. The molecule has 0 aromatic heterocycles. The second-order valence-electron chi connectivity index (χ2n) is 7.89. The van der Waals surface area contributed by atoms with E-state index in [-0.39, 0.29) is 27.4 Å². The molecule has 1 aliphatic rings. The van der Waals surface area contributed by atoms with E-state index >= 15 is 0 Å². The topological polar surface area (TPSA) is 105 Å². The largest absolute Gasteiger partial charge is 0.511 e. The number of rotatable bonds is 6. The molecule has 7 nitrogen and oxygen atoms in total. The highest BCUT2D eigenvalue weighted by atomic mass is 32.2. The summed E-state index contributed by atoms with van der Waals surface area (Å²) in [7, 11) is -2.23. The van der Waals surface area contributed by atoms with Crippen LogP contribution in [0.1, 0.15) is 26.7 Å². The highest BCUT2D eigenvalue weighted by molar-refractivity contribution is 7.92. The van der Waals surface area contributed by atoms with Crippen molar-refractivity contribution in [2.45, 2.75) is 31.6 Å². The second-order valence-corrected chi connectivity index (χ2v) is 9.57. The Balaban J connectivity index is 1.74. The third-order valence-electron chi connectivity index (χ3n) is 4.73. The van der Waals surface area contributed by atoms with Crippen molar-refractivity contribution >= 4 is 33.4 Å². The van der Waals surface area contributed by atoms with Crippen LogP contribution in [0.4, 0.5) is 11.4 Å². The minimum atomic E-state index is -3.76. The van der Waals surface area contributed by atoms with Crippen molar-refractivity contribution < 1.29 is 23.1 Å². The number of benzene rings is 2. The molecule has 0 amide bonds. The van der Waals surface area contributed by atoms with Crippen molar-refractivity contribution in [1.29, 1.82) is 0 Å². The molecule has 0 saturated heterocycles. The first-order valence-corrected chi connectivity index (χ1v) is 10.8. The molecule has 2 aromatic carbocycles. The average molecular weight is 429 g/mol. The summed E-state index contributed by atoms with van der Waals surface area (Å²) in [5.41, 5.74) is 0.813. The number of Topliss-reactive ketones (excluding diaryl/α,β-unsaturated/α-hetero) is 1. The molecule has 0 bridgehead atoms. The summed E-state index contributed by atoms with van der Waals surface area (Å²) in [5, 5.41) is 10.1. The summed E-state index contributed by atoms with van der Waals surface area (Å²) >= 11 is 0. The number of carbonyl (C=O) groups excluding carboxylic acids is 1. The van der Waals surface area contributed by atoms with Crippen molar-refractivity contribution in [2.75, 3.05) is 11.8 Å². The lowest BCUT2D eigenvalue weighted by atomic mass is 9.77. The monoisotopic (exact) mass is 428 g/mol. The van der Waals surface area contributed by atoms with Gasteiger partial charge in [-0.3, -0.25) is 14.5 Å². The van der Waals surface area contributed by atoms with Gasteiger partial charge in [0.1, 0.15) is 11.5 Å². The van der Waals surface area contributed by atoms with Gasteiger partial charge in [0.15, 0.2) is 5.78 Å². The first kappa shape index (κ1) is 21.6. The van der Waals surface area contributed by atoms with E-state index in [1.54, 1.807) is 24.3 Å². The number of sulfonamides is 1. The Hall–Kier alpha value is -3.13. The Morgan fingerprint density at radius 2 is 1.70 bits per heavy atom. The third kappa shape index (κ3) is 5.07. The molecule has 158 valence electrons. The lowest BCUT2D eigenvalue weighted by Crippen LogP contribution is -2.26. The van der Waals surface area contributed by atoms with Gasteiger partial charge < -0.3 is 9.84 Å². The number of ketones is 1. The predicted octanol–water partition coefficient (Wildman–Crippen LogP) is 4.40. The van der Waals surface area contributed by atoms with Crippen LogP contribution in [0.25, 0.3) is 0 Å². The van der Waals surface area contributed by atoms with Gasteiger partial charge in [-0.15, -0.1) is 0 Å². The SMILES string of the molecule is COc1ccc(NS(=O)(=O)c2ccc(N=CC3=C(O)CC(C)(C)CC3=O)cc2)cc1. The average Bonchev–Trinajstić information content (AvgIpc) is 2.67. The molecule has 30 heavy (non-hydrogen) atoms. The minimum Gasteiger partial charge on any atom is -0.511 e. The van der Waals surface area contributed by atoms with E-state index in [0.717, 1.165) is 0 Å². The van der Waals surface area contributed by atoms with Gasteiger partial charge in [0.05, 0.1) is 23.3 Å². The number of carbonyl (C=O) groups is 1. The number of anilines is 1. The normalized spacial score (nSPS) is 16.7. The van der Waals surface area contributed by atoms with E-state index in [1.807, 2.05) is 13.8 Å². The highest BCUT2D eigenvalue weighted by Gasteiger charge is 2.32. The minimum absolute atomic E-state index is 0.0305. The molecule has 0 unspecified atom stereocenters. The zero-order chi connectivity index (χ0) is 21.9. The number of methoxy groups -OCH3 is 1. The molecule has 2 N–H and O–H groups in total. The first-order valence-electron chi connectivity index (χ1n) is 9.36. The number of hydrogen-bond donors (Lipinski definition) is 2. The van der Waals surface area contributed by atoms with Crippen LogP contribution in [0.5, 0.6) is 5.75 Å². The van der Waals surface area contributed by atoms with Crippen LogP contribution in [0.2, 0.25) is 0 Å². The summed E-state index contributed by atoms with van der Waals surface area (Å²) in [4.78, 5) is 16.5. The fourth-order valence-electron chi connectivity index (χ4n) is 3.17. The summed E-state index contributed by atoms with van der Waals surface area (Å²) in [6.45, 7) is 3.85. The van der Waals surface area contributed by atoms with Gasteiger partial charge in [-0.05, 0) is 53.9 Å². The van der Waals surface area contributed by atoms with Crippen LogP contribution in [0, 0.1) is 5.41 Å². The molecule has 0 fully saturated rings. The number of hydrogen-bond acceptors (Lipinski definition) is 6. The van der Waals surface area contributed by atoms with Crippen LogP contribution >= 0.6 is 0 Å². The number of nitrogens with zero attached hydrogens (tertiary/aromatic N) is 1. The third-order valence-corrected chi connectivity index (χ3v) is 6.13. The second kappa shape index (κ2) is 8.31. The Morgan fingerprint density at radius 1 is 1.07 bits per heavy atom. The number of aliphatic imine (C=N–C) groups is 1. The van der Waals surface area contributed by atoms with Gasteiger partial charge in [-0.25, -0.2) is 8.42 Å². The zero-order valence-corrected chi connectivity index (χ0v) is 17.9. The fourth-order valence-corrected chi connectivity index (χ4v) is 4.23. The smallest absolute Gasteiger partial charge is 0.261 e. The number of aliphatic hydroxyl groups excluding tert-OH is 1. The quantitative estimate of drug-likeness (QED) is 0.664. The van der Waals surface area contributed by atoms with Crippen molar-refractivity contribution in [1.82, 2.24) is 0 Å². The summed E-state index contributed by atoms with van der Waals surface area (Å²) < 4.78 is 32.7. The molecule has 2 aromatic rings. The number of allylic oxidation sites excluding steroid dienone is 2. The maximum Gasteiger partial charge on any atom is 0.261 e. The first-order chi connectivity index (χ1) is 14.1. The lowest BCUT2D eigenvalue weighted by Gasteiger charge is -2.28. The summed E-state index contributed by atoms with van der Waals surface area (Å²) in [5.74, 6) is 0.500. The van der Waals surface area contributed by atoms with Crippen molar-refractivity contribution in [2.24, 2.45) is 10.4 Å². The van der Waals surface area contributed by atoms with Gasteiger partial charge in [-0.2, -0.15) is 0 Å². The fraction of sp³-hybridized carbons (Fsp3) is 0.273. The van der Waals surface area contributed by atoms with E-state index < -0.39 is 10.0 Å². The molecule has 1 aliphatic carbocycles. The standard InChI is InChI=1S/C22H24N2O5S/c1-22(2)12-20(25)19(21(26)13-22)14-23-15-6-10-18(11-7-15)30(27,28)24-16-4-8-17(29-3)9-5-16/h4-11,14,24-25H,12-13H2,1-3H3. The lowest BCUT2D eigenvalue weighted by molar-refractivity contribution is -0.117. The van der Waals surface area contributed by atoms with Crippen LogP contribution in [-0.4, -0.2) is 32.6 Å². The van der Waals surface area contributed by atoms with E-state index in [4.69, 9.17) is 4.74 Å². The van der Waals surface area contributed by atoms with E-state index in [9.17, 15) is 18.3 Å². The molecule has 3 rings (SSSR count). The van der Waals surface area contributed by atoms with Crippen molar-refractivity contribution in [3.63, 3.8) is 0 Å². The Bertz CT molecular complexity index is 1100. The van der Waals surface area contributed by atoms with E-state index in [1.165, 1.54) is 37.6 Å². The van der Waals surface area contributed by atoms with Gasteiger partial charge in [0.25, 0.3) is 10.0 Å². The molecule has 0 aliphatic heterocycles. The van der Waals surface area contributed by atoms with Crippen LogP contribution in [-0.2, 0) is 14.8 Å². The molecule has 8 heteroatoms. The predicted molar refractivity (Wildman–Crippen MR) is 116 cm³/mol. The Kier molecular flexibility index (Phi) is 5.98. The summed E-state index contributed by atoms with van der Waals surface area (Å²) in [6, 6.07) is 12.5. The van der Waals surface area contributed by atoms with E-state index in [2.05, 4.69) is 9.71 Å². The Labute approximate surface area is 176 Å². The number of ether oxygens (including phenoxy) is 1. The van der Waals surface area contributed by atoms with Crippen LogP contribution in [0.3, 0.4) is 0 Å². The molecule has 0 radical (unpaired) electrons. The molecular formula is C22H24N2O5S. The number of aliphatic hydroxyl groups is 1. The van der Waals surface area contributed by atoms with Crippen molar-refractivity contribution in [3.05, 3.63) is 59.9 Å². The molecular weight excluding hydrogens is 404 g/mol. The van der Waals surface area contributed by atoms with Crippen LogP contribution < -0.4 is 9.46 Å². The van der Waals surface area contributed by atoms with Gasteiger partial charge in [-0.1, -0.05) is 13.8 Å². The summed E-state index contributed by atoms with van der Waals surface area (Å²) in [6.07, 6.45) is 2.09. The molecule has 0 atom stereocenters. The Morgan fingerprint density at radius 3 is 2.27 bits per heavy atom. The van der Waals surface area contributed by atoms with Gasteiger partial charge in [0.2, 0.25) is 0 Å². The molecule has 0 spiro atoms. The maximum absolute atomic E-state index is 12.6. The molecule has 0 heterocycles. The number of nitrogens with one attached hydrogen (secondary N) is 1.